The molecule has 1 aromatic carbocycles. The van der Waals surface area contributed by atoms with E-state index in [-0.39, 0.29) is 16.2 Å². The van der Waals surface area contributed by atoms with Crippen molar-refractivity contribution in [2.45, 2.75) is 78.6 Å². The average Bonchev–Trinajstić information content (AvgIpc) is 2.23. The van der Waals surface area contributed by atoms with Crippen molar-refractivity contribution in [1.82, 2.24) is 0 Å². The third kappa shape index (κ3) is 3.89. The van der Waals surface area contributed by atoms with Crippen LogP contribution in [0.3, 0.4) is 0 Å². The van der Waals surface area contributed by atoms with Gasteiger partial charge < -0.3 is 10.0 Å². The molecule has 0 amide bonds. The lowest BCUT2D eigenvalue weighted by atomic mass is 9.62. The molecule has 3 heteroatoms. The zero-order valence-electron chi connectivity index (χ0n) is 15.1. The third-order valence-corrected chi connectivity index (χ3v) is 3.82. The second-order valence-corrected chi connectivity index (χ2v) is 9.08. The van der Waals surface area contributed by atoms with E-state index in [0.29, 0.717) is 5.46 Å². The van der Waals surface area contributed by atoms with Gasteiger partial charge in [0.25, 0.3) is 0 Å². The van der Waals surface area contributed by atoms with E-state index in [1.54, 1.807) is 0 Å². The first-order chi connectivity index (χ1) is 9.17. The Bertz CT molecular complexity index is 512. The highest BCUT2D eigenvalue weighted by Crippen LogP contribution is 2.39. The van der Waals surface area contributed by atoms with Crippen LogP contribution in [0.1, 0.15) is 79.0 Å². The van der Waals surface area contributed by atoms with E-state index in [0.717, 1.165) is 5.56 Å². The fraction of sp³-hybridized carbons (Fsp3) is 0.667. The maximum Gasteiger partial charge on any atom is 0.488 e. The van der Waals surface area contributed by atoms with Crippen LogP contribution in [0, 0.1) is 0 Å². The van der Waals surface area contributed by atoms with Gasteiger partial charge in [0.05, 0.1) is 0 Å². The summed E-state index contributed by atoms with van der Waals surface area (Å²) in [6.07, 6.45) is 0. The molecule has 0 aliphatic heterocycles. The van der Waals surface area contributed by atoms with E-state index in [1.807, 2.05) is 6.07 Å². The molecule has 2 N–H and O–H groups in total. The highest BCUT2D eigenvalue weighted by atomic mass is 16.4. The van der Waals surface area contributed by atoms with Gasteiger partial charge >= 0.3 is 7.12 Å². The largest absolute Gasteiger partial charge is 0.488 e. The molecule has 0 spiro atoms. The Morgan fingerprint density at radius 2 is 1.10 bits per heavy atom. The van der Waals surface area contributed by atoms with Crippen molar-refractivity contribution in [1.29, 1.82) is 0 Å². The van der Waals surface area contributed by atoms with E-state index in [1.165, 1.54) is 11.1 Å². The van der Waals surface area contributed by atoms with Gasteiger partial charge in [-0.25, -0.2) is 0 Å². The molecule has 0 fully saturated rings. The maximum absolute atomic E-state index is 9.81. The van der Waals surface area contributed by atoms with Gasteiger partial charge in [-0.1, -0.05) is 74.4 Å². The van der Waals surface area contributed by atoms with Gasteiger partial charge in [-0.3, -0.25) is 0 Å². The standard InChI is InChI=1S/C18H31BO2/c1-16(2,3)12-10-11-13(19(20)21)15(18(7,8)9)14(12)17(4,5)6/h10-11,20-21H,1-9H3. The van der Waals surface area contributed by atoms with Gasteiger partial charge in [0.15, 0.2) is 0 Å². The van der Waals surface area contributed by atoms with Crippen LogP contribution < -0.4 is 5.46 Å². The van der Waals surface area contributed by atoms with Gasteiger partial charge in [0, 0.05) is 0 Å². The number of rotatable bonds is 1. The summed E-state index contributed by atoms with van der Waals surface area (Å²) < 4.78 is 0. The predicted octanol–water partition coefficient (Wildman–Crippen LogP) is 3.26. The fourth-order valence-corrected chi connectivity index (χ4v) is 3.05. The lowest BCUT2D eigenvalue weighted by molar-refractivity contribution is 0.422. The first-order valence-electron chi connectivity index (χ1n) is 7.72. The minimum Gasteiger partial charge on any atom is -0.423 e. The summed E-state index contributed by atoms with van der Waals surface area (Å²) >= 11 is 0. The molecule has 0 aliphatic rings. The molecule has 1 aromatic rings. The molecule has 21 heavy (non-hydrogen) atoms. The SMILES string of the molecule is CC(C)(C)c1ccc(B(O)O)c(C(C)(C)C)c1C(C)(C)C. The highest BCUT2D eigenvalue weighted by Gasteiger charge is 2.35. The van der Waals surface area contributed by atoms with Gasteiger partial charge in [-0.2, -0.15) is 0 Å². The van der Waals surface area contributed by atoms with Crippen LogP contribution in [-0.4, -0.2) is 17.2 Å². The molecule has 2 nitrogen and oxygen atoms in total. The minimum absolute atomic E-state index is 0.0154. The van der Waals surface area contributed by atoms with Gasteiger partial charge in [-0.15, -0.1) is 0 Å². The van der Waals surface area contributed by atoms with E-state index in [9.17, 15) is 10.0 Å². The normalized spacial score (nSPS) is 13.5. The van der Waals surface area contributed by atoms with Crippen molar-refractivity contribution in [3.63, 3.8) is 0 Å². The topological polar surface area (TPSA) is 40.5 Å². The summed E-state index contributed by atoms with van der Waals surface area (Å²) in [4.78, 5) is 0. The molecule has 118 valence electrons. The van der Waals surface area contributed by atoms with E-state index < -0.39 is 7.12 Å². The van der Waals surface area contributed by atoms with Crippen LogP contribution in [0.15, 0.2) is 12.1 Å². The molecule has 0 aromatic heterocycles. The van der Waals surface area contributed by atoms with Crippen LogP contribution in [-0.2, 0) is 16.2 Å². The Morgan fingerprint density at radius 3 is 1.38 bits per heavy atom. The maximum atomic E-state index is 9.81. The van der Waals surface area contributed by atoms with Gasteiger partial charge in [0.2, 0.25) is 0 Å². The first kappa shape index (κ1) is 18.3. The first-order valence-corrected chi connectivity index (χ1v) is 7.72. The smallest absolute Gasteiger partial charge is 0.423 e. The monoisotopic (exact) mass is 290 g/mol. The summed E-state index contributed by atoms with van der Waals surface area (Å²) in [5, 5.41) is 19.6. The van der Waals surface area contributed by atoms with Gasteiger partial charge in [0.1, 0.15) is 0 Å². The second-order valence-electron chi connectivity index (χ2n) is 9.08. The zero-order chi connectivity index (χ0) is 16.8. The zero-order valence-corrected chi connectivity index (χ0v) is 15.1. The summed E-state index contributed by atoms with van der Waals surface area (Å²) in [6.45, 7) is 19.6. The predicted molar refractivity (Wildman–Crippen MR) is 92.4 cm³/mol. The molecule has 1 rings (SSSR count). The molecule has 0 heterocycles. The van der Waals surface area contributed by atoms with Crippen molar-refractivity contribution in [2.75, 3.05) is 0 Å². The molecule has 0 atom stereocenters. The molecule has 0 radical (unpaired) electrons. The van der Waals surface area contributed by atoms with Crippen molar-refractivity contribution >= 4 is 12.6 Å². The number of hydrogen-bond acceptors (Lipinski definition) is 2. The highest BCUT2D eigenvalue weighted by molar-refractivity contribution is 6.59. The average molecular weight is 290 g/mol. The second kappa shape index (κ2) is 5.44. The lowest BCUT2D eigenvalue weighted by Gasteiger charge is -2.38. The summed E-state index contributed by atoms with van der Waals surface area (Å²) in [5.41, 5.74) is 4.02. The van der Waals surface area contributed by atoms with E-state index in [2.05, 4.69) is 68.4 Å². The van der Waals surface area contributed by atoms with Crippen LogP contribution in [0.25, 0.3) is 0 Å². The van der Waals surface area contributed by atoms with Crippen LogP contribution >= 0.6 is 0 Å². The quantitative estimate of drug-likeness (QED) is 0.779. The molecular weight excluding hydrogens is 259 g/mol. The van der Waals surface area contributed by atoms with E-state index in [4.69, 9.17) is 0 Å². The molecule has 0 unspecified atom stereocenters. The van der Waals surface area contributed by atoms with Crippen molar-refractivity contribution in [3.8, 4) is 0 Å². The van der Waals surface area contributed by atoms with E-state index >= 15 is 0 Å². The molecule has 0 aliphatic carbocycles. The van der Waals surface area contributed by atoms with Crippen molar-refractivity contribution < 1.29 is 10.0 Å². The number of hydrogen-bond donors (Lipinski definition) is 2. The summed E-state index contributed by atoms with van der Waals surface area (Å²) in [7, 11) is -1.44. The molecule has 0 saturated heterocycles. The Morgan fingerprint density at radius 1 is 0.667 bits per heavy atom. The fourth-order valence-electron chi connectivity index (χ4n) is 3.05. The molecule has 0 bridgehead atoms. The lowest BCUT2D eigenvalue weighted by Crippen LogP contribution is -2.41. The van der Waals surface area contributed by atoms with Crippen LogP contribution in [0.2, 0.25) is 0 Å². The molecular formula is C18H31BO2. The third-order valence-electron chi connectivity index (χ3n) is 3.82. The van der Waals surface area contributed by atoms with Crippen LogP contribution in [0.5, 0.6) is 0 Å². The summed E-state index contributed by atoms with van der Waals surface area (Å²) in [6, 6.07) is 3.94. The van der Waals surface area contributed by atoms with Crippen molar-refractivity contribution in [2.24, 2.45) is 0 Å². The summed E-state index contributed by atoms with van der Waals surface area (Å²) in [5.74, 6) is 0. The van der Waals surface area contributed by atoms with Crippen molar-refractivity contribution in [3.05, 3.63) is 28.8 Å². The van der Waals surface area contributed by atoms with Gasteiger partial charge in [-0.05, 0) is 38.4 Å². The Labute approximate surface area is 130 Å². The number of benzene rings is 1. The van der Waals surface area contributed by atoms with Crippen LogP contribution in [0.4, 0.5) is 0 Å². The minimum atomic E-state index is -1.44. The Kier molecular flexibility index (Phi) is 4.73. The molecule has 0 saturated carbocycles. The Hall–Kier alpha value is -0.795. The Balaban J connectivity index is 3.93.